The van der Waals surface area contributed by atoms with E-state index in [9.17, 15) is 0 Å². The molecule has 0 unspecified atom stereocenters. The third kappa shape index (κ3) is 0.263. The first-order chi connectivity index (χ1) is 4.16. The number of rotatable bonds is 0. The molecule has 0 heterocycles. The van der Waals surface area contributed by atoms with Crippen LogP contribution in [0.2, 0.25) is 0 Å². The van der Waals surface area contributed by atoms with Crippen molar-refractivity contribution in [3.05, 3.63) is 0 Å². The van der Waals surface area contributed by atoms with Gasteiger partial charge in [-0.2, -0.15) is 0 Å². The van der Waals surface area contributed by atoms with Gasteiger partial charge in [-0.25, -0.2) is 0 Å². The van der Waals surface area contributed by atoms with Gasteiger partial charge in [0.2, 0.25) is 0 Å². The Morgan fingerprint density at radius 2 is 1.33 bits per heavy atom. The standard InChI is InChI=1S/C8H11Cl/c1-6(9)7(2-3-7)8(6)4-5-8/h2-5H2,1H3. The third-order valence-corrected chi connectivity index (χ3v) is 4.87. The number of hydrogen-bond acceptors (Lipinski definition) is 0. The second-order valence-electron chi connectivity index (χ2n) is 4.17. The fourth-order valence-corrected chi connectivity index (χ4v) is 3.84. The SMILES string of the molecule is CC1(Cl)C2(CC2)C12CC2. The van der Waals surface area contributed by atoms with Crippen LogP contribution in [0.1, 0.15) is 32.6 Å². The maximum Gasteiger partial charge on any atom is 0.0542 e. The molecular formula is C8H11Cl. The summed E-state index contributed by atoms with van der Waals surface area (Å²) in [5, 5.41) is 0. The van der Waals surface area contributed by atoms with Crippen LogP contribution in [0.25, 0.3) is 0 Å². The van der Waals surface area contributed by atoms with Crippen LogP contribution in [0.5, 0.6) is 0 Å². The molecule has 9 heavy (non-hydrogen) atoms. The Labute approximate surface area is 60.6 Å². The average Bonchev–Trinajstić information content (AvgIpc) is 2.60. The van der Waals surface area contributed by atoms with Crippen molar-refractivity contribution < 1.29 is 0 Å². The zero-order chi connectivity index (χ0) is 6.33. The van der Waals surface area contributed by atoms with Gasteiger partial charge in [0.05, 0.1) is 4.87 Å². The van der Waals surface area contributed by atoms with Crippen molar-refractivity contribution in [1.82, 2.24) is 0 Å². The predicted octanol–water partition coefficient (Wildman–Crippen LogP) is 2.56. The van der Waals surface area contributed by atoms with E-state index in [1.54, 1.807) is 0 Å². The summed E-state index contributed by atoms with van der Waals surface area (Å²) in [5.74, 6) is 0. The van der Waals surface area contributed by atoms with Crippen LogP contribution in [-0.2, 0) is 0 Å². The second-order valence-corrected chi connectivity index (χ2v) is 4.92. The number of alkyl halides is 1. The molecule has 0 aromatic carbocycles. The lowest BCUT2D eigenvalue weighted by Crippen LogP contribution is -1.94. The molecule has 0 atom stereocenters. The third-order valence-electron chi connectivity index (χ3n) is 4.15. The Balaban J connectivity index is 2.11. The monoisotopic (exact) mass is 142 g/mol. The zero-order valence-electron chi connectivity index (χ0n) is 5.71. The lowest BCUT2D eigenvalue weighted by molar-refractivity contribution is 0.716. The van der Waals surface area contributed by atoms with Crippen LogP contribution in [0.3, 0.4) is 0 Å². The van der Waals surface area contributed by atoms with Crippen LogP contribution in [-0.4, -0.2) is 4.87 Å². The van der Waals surface area contributed by atoms with Crippen LogP contribution in [0.4, 0.5) is 0 Å². The topological polar surface area (TPSA) is 0 Å². The molecule has 3 saturated carbocycles. The summed E-state index contributed by atoms with van der Waals surface area (Å²) in [4.78, 5) is 0.236. The summed E-state index contributed by atoms with van der Waals surface area (Å²) in [6.07, 6.45) is 5.69. The average molecular weight is 143 g/mol. The van der Waals surface area contributed by atoms with Crippen LogP contribution < -0.4 is 0 Å². The normalized spacial score (nSPS) is 54.0. The largest absolute Gasteiger partial charge is 0.118 e. The summed E-state index contributed by atoms with van der Waals surface area (Å²) in [6.45, 7) is 2.24. The number of halogens is 1. The molecule has 0 N–H and O–H groups in total. The van der Waals surface area contributed by atoms with Gasteiger partial charge in [0.1, 0.15) is 0 Å². The molecule has 0 amide bonds. The quantitative estimate of drug-likeness (QED) is 0.456. The minimum atomic E-state index is 0.236. The van der Waals surface area contributed by atoms with Crippen molar-refractivity contribution >= 4 is 11.6 Å². The first kappa shape index (κ1) is 5.01. The smallest absolute Gasteiger partial charge is 0.0542 e. The molecule has 50 valence electrons. The van der Waals surface area contributed by atoms with Gasteiger partial charge >= 0.3 is 0 Å². The van der Waals surface area contributed by atoms with Gasteiger partial charge in [-0.15, -0.1) is 11.6 Å². The van der Waals surface area contributed by atoms with E-state index < -0.39 is 0 Å². The van der Waals surface area contributed by atoms with E-state index in [0.29, 0.717) is 10.8 Å². The van der Waals surface area contributed by atoms with Crippen molar-refractivity contribution in [2.75, 3.05) is 0 Å². The first-order valence-corrected chi connectivity index (χ1v) is 4.23. The Kier molecular flexibility index (Phi) is 0.493. The van der Waals surface area contributed by atoms with Gasteiger partial charge in [-0.1, -0.05) is 0 Å². The minimum Gasteiger partial charge on any atom is -0.118 e. The molecule has 1 heteroatoms. The maximum absolute atomic E-state index is 6.35. The van der Waals surface area contributed by atoms with E-state index in [1.807, 2.05) is 0 Å². The van der Waals surface area contributed by atoms with Crippen molar-refractivity contribution in [2.24, 2.45) is 10.8 Å². The van der Waals surface area contributed by atoms with E-state index in [2.05, 4.69) is 6.92 Å². The Hall–Kier alpha value is 0.290. The first-order valence-electron chi connectivity index (χ1n) is 3.85. The maximum atomic E-state index is 6.35. The number of hydrogen-bond donors (Lipinski definition) is 0. The van der Waals surface area contributed by atoms with Crippen molar-refractivity contribution in [3.63, 3.8) is 0 Å². The predicted molar refractivity (Wildman–Crippen MR) is 37.6 cm³/mol. The van der Waals surface area contributed by atoms with E-state index in [1.165, 1.54) is 25.7 Å². The zero-order valence-corrected chi connectivity index (χ0v) is 6.46. The summed E-state index contributed by atoms with van der Waals surface area (Å²) in [5.41, 5.74) is 1.34. The van der Waals surface area contributed by atoms with Crippen molar-refractivity contribution in [3.8, 4) is 0 Å². The lowest BCUT2D eigenvalue weighted by atomic mass is 10.3. The highest BCUT2D eigenvalue weighted by molar-refractivity contribution is 6.28. The number of fused-ring (bicyclic) bond motifs is 1. The fraction of sp³-hybridized carbons (Fsp3) is 1.00. The molecule has 0 aliphatic heterocycles. The molecular weight excluding hydrogens is 132 g/mol. The Morgan fingerprint density at radius 1 is 1.00 bits per heavy atom. The van der Waals surface area contributed by atoms with Gasteiger partial charge in [-0.05, 0) is 43.4 Å². The molecule has 3 aliphatic rings. The molecule has 0 aromatic heterocycles. The van der Waals surface area contributed by atoms with Crippen molar-refractivity contribution in [1.29, 1.82) is 0 Å². The lowest BCUT2D eigenvalue weighted by Gasteiger charge is -1.93. The Morgan fingerprint density at radius 3 is 1.44 bits per heavy atom. The van der Waals surface area contributed by atoms with E-state index in [-0.39, 0.29) is 4.87 Å². The van der Waals surface area contributed by atoms with Gasteiger partial charge < -0.3 is 0 Å². The van der Waals surface area contributed by atoms with Crippen LogP contribution in [0.15, 0.2) is 0 Å². The van der Waals surface area contributed by atoms with Gasteiger partial charge in [0, 0.05) is 0 Å². The fourth-order valence-electron chi connectivity index (χ4n) is 3.15. The summed E-state index contributed by atoms with van der Waals surface area (Å²) in [6, 6.07) is 0. The molecule has 2 spiro atoms. The highest BCUT2D eigenvalue weighted by atomic mass is 35.5. The van der Waals surface area contributed by atoms with E-state index in [4.69, 9.17) is 11.6 Å². The molecule has 0 nitrogen and oxygen atoms in total. The molecule has 0 bridgehead atoms. The molecule has 0 saturated heterocycles. The van der Waals surface area contributed by atoms with Gasteiger partial charge in [0.15, 0.2) is 0 Å². The van der Waals surface area contributed by atoms with Crippen LogP contribution in [0, 0.1) is 10.8 Å². The minimum absolute atomic E-state index is 0.236. The summed E-state index contributed by atoms with van der Waals surface area (Å²) >= 11 is 6.35. The van der Waals surface area contributed by atoms with Crippen LogP contribution >= 0.6 is 11.6 Å². The van der Waals surface area contributed by atoms with E-state index >= 15 is 0 Å². The summed E-state index contributed by atoms with van der Waals surface area (Å²) in [7, 11) is 0. The second kappa shape index (κ2) is 0.887. The molecule has 3 aliphatic carbocycles. The summed E-state index contributed by atoms with van der Waals surface area (Å²) < 4.78 is 0. The molecule has 0 aromatic rings. The molecule has 3 fully saturated rings. The highest BCUT2D eigenvalue weighted by Gasteiger charge is 2.93. The van der Waals surface area contributed by atoms with Crippen molar-refractivity contribution in [2.45, 2.75) is 37.5 Å². The van der Waals surface area contributed by atoms with E-state index in [0.717, 1.165) is 0 Å². The highest BCUT2D eigenvalue weighted by Crippen LogP contribution is 2.96. The van der Waals surface area contributed by atoms with Gasteiger partial charge in [-0.3, -0.25) is 0 Å². The Bertz CT molecular complexity index is 154. The molecule has 3 rings (SSSR count). The molecule has 0 radical (unpaired) electrons. The van der Waals surface area contributed by atoms with Gasteiger partial charge in [0.25, 0.3) is 0 Å².